The highest BCUT2D eigenvalue weighted by molar-refractivity contribution is 5.96. The minimum absolute atomic E-state index is 0.00393. The molecule has 3 aromatic rings. The van der Waals surface area contributed by atoms with Gasteiger partial charge in [-0.3, -0.25) is 33.6 Å². The number of aliphatic hydroxyl groups excluding tert-OH is 1. The molecule has 0 radical (unpaired) electrons. The average molecular weight is 731 g/mol. The second-order valence-corrected chi connectivity index (χ2v) is 12.2. The van der Waals surface area contributed by atoms with E-state index in [1.165, 1.54) is 6.92 Å². The molecular weight excluding hydrogens is 684 g/mol. The average Bonchev–Trinajstić information content (AvgIpc) is 3.16. The molecular formula is C37H46N8O8. The summed E-state index contributed by atoms with van der Waals surface area (Å²) >= 11 is 0. The number of hydrogen-bond acceptors (Lipinski definition) is 9. The van der Waals surface area contributed by atoms with Crippen LogP contribution in [-0.4, -0.2) is 96.4 Å². The molecule has 5 atom stereocenters. The molecule has 0 saturated carbocycles. The van der Waals surface area contributed by atoms with Gasteiger partial charge in [0.05, 0.1) is 19.7 Å². The van der Waals surface area contributed by atoms with Gasteiger partial charge in [-0.25, -0.2) is 0 Å². The number of hydrogen-bond donors (Lipinski definition) is 9. The Morgan fingerprint density at radius 2 is 0.943 bits per heavy atom. The lowest BCUT2D eigenvalue weighted by atomic mass is 10.0. The summed E-state index contributed by atoms with van der Waals surface area (Å²) in [5, 5.41) is 25.1. The maximum Gasteiger partial charge on any atom is 0.245 e. The first-order valence-corrected chi connectivity index (χ1v) is 16.9. The van der Waals surface area contributed by atoms with E-state index in [1.54, 1.807) is 91.0 Å². The summed E-state index contributed by atoms with van der Waals surface area (Å²) < 4.78 is 0. The van der Waals surface area contributed by atoms with Gasteiger partial charge in [0.25, 0.3) is 0 Å². The molecule has 0 bridgehead atoms. The fourth-order valence-corrected chi connectivity index (χ4v) is 5.10. The van der Waals surface area contributed by atoms with Crippen molar-refractivity contribution in [3.05, 3.63) is 108 Å². The van der Waals surface area contributed by atoms with Gasteiger partial charge in [0.2, 0.25) is 41.4 Å². The Morgan fingerprint density at radius 1 is 0.547 bits per heavy atom. The lowest BCUT2D eigenvalue weighted by Gasteiger charge is -2.26. The van der Waals surface area contributed by atoms with Crippen LogP contribution in [0.5, 0.6) is 0 Å². The number of amides is 7. The SMILES string of the molecule is C[C@H](NC(=O)[C@H](Cc1ccccc1)NC(=O)[C@H](CO)NC(=O)[C@H](Cc1ccccc1)NC(=O)CNC(=O)CN)C(=O)N[C@@H](Cc1ccccc1)C(N)=O. The normalized spacial score (nSPS) is 13.5. The number of aliphatic hydroxyl groups is 1. The minimum atomic E-state index is -1.56. The monoisotopic (exact) mass is 730 g/mol. The van der Waals surface area contributed by atoms with Crippen molar-refractivity contribution in [2.75, 3.05) is 19.7 Å². The van der Waals surface area contributed by atoms with Gasteiger partial charge < -0.3 is 48.5 Å². The number of benzene rings is 3. The van der Waals surface area contributed by atoms with Crippen molar-refractivity contribution >= 4 is 41.4 Å². The van der Waals surface area contributed by atoms with Gasteiger partial charge in [-0.2, -0.15) is 0 Å². The molecule has 16 heteroatoms. The summed E-state index contributed by atoms with van der Waals surface area (Å²) in [6.45, 7) is -0.269. The number of carbonyl (C=O) groups is 7. The lowest BCUT2D eigenvalue weighted by molar-refractivity contribution is -0.135. The van der Waals surface area contributed by atoms with Crippen LogP contribution >= 0.6 is 0 Å². The highest BCUT2D eigenvalue weighted by Gasteiger charge is 2.31. The van der Waals surface area contributed by atoms with E-state index in [-0.39, 0.29) is 25.8 Å². The smallest absolute Gasteiger partial charge is 0.245 e. The van der Waals surface area contributed by atoms with E-state index < -0.39 is 84.7 Å². The highest BCUT2D eigenvalue weighted by Crippen LogP contribution is 2.08. The van der Waals surface area contributed by atoms with Crippen LogP contribution in [-0.2, 0) is 52.8 Å². The second-order valence-electron chi connectivity index (χ2n) is 12.2. The molecule has 0 unspecified atom stereocenters. The molecule has 282 valence electrons. The Labute approximate surface area is 306 Å². The standard InChI is InChI=1S/C37H46N8O8/c1-23(34(50)43-27(33(39)49)17-24-11-5-2-6-12-24)41-35(51)29(19-26-15-9-4-10-16-26)44-37(53)30(22-46)45-36(52)28(18-25-13-7-3-8-14-25)42-32(48)21-40-31(47)20-38/h2-16,23,27-30,46H,17-22,38H2,1H3,(H2,39,49)(H,40,47)(H,41,51)(H,42,48)(H,43,50)(H,44,53)(H,45,52)/t23-,27-,28-,29-,30-/m0/s1. The van der Waals surface area contributed by atoms with Crippen LogP contribution in [0.2, 0.25) is 0 Å². The van der Waals surface area contributed by atoms with E-state index in [0.717, 1.165) is 5.56 Å². The topological polar surface area (TPSA) is 264 Å². The van der Waals surface area contributed by atoms with Crippen LogP contribution in [0.1, 0.15) is 23.6 Å². The molecule has 0 fully saturated rings. The van der Waals surface area contributed by atoms with Gasteiger partial charge >= 0.3 is 0 Å². The summed E-state index contributed by atoms with van der Waals surface area (Å²) in [5.41, 5.74) is 12.9. The minimum Gasteiger partial charge on any atom is -0.394 e. The van der Waals surface area contributed by atoms with Gasteiger partial charge in [-0.15, -0.1) is 0 Å². The van der Waals surface area contributed by atoms with Crippen LogP contribution < -0.4 is 43.4 Å². The predicted octanol–water partition coefficient (Wildman–Crippen LogP) is -2.29. The first-order chi connectivity index (χ1) is 25.4. The quantitative estimate of drug-likeness (QED) is 0.0605. The summed E-state index contributed by atoms with van der Waals surface area (Å²) in [6, 6.07) is 20.0. The Bertz CT molecular complexity index is 1690. The molecule has 11 N–H and O–H groups in total. The van der Waals surface area contributed by atoms with E-state index >= 15 is 0 Å². The van der Waals surface area contributed by atoms with Crippen LogP contribution in [0, 0.1) is 0 Å². The fourth-order valence-electron chi connectivity index (χ4n) is 5.10. The number of nitrogens with one attached hydrogen (secondary N) is 6. The molecule has 0 saturated heterocycles. The Kier molecular flexibility index (Phi) is 16.6. The zero-order chi connectivity index (χ0) is 38.8. The molecule has 0 heterocycles. The molecule has 0 spiro atoms. The van der Waals surface area contributed by atoms with E-state index in [4.69, 9.17) is 11.5 Å². The maximum atomic E-state index is 13.6. The Hall–Kier alpha value is -6.13. The Morgan fingerprint density at radius 3 is 1.40 bits per heavy atom. The van der Waals surface area contributed by atoms with Gasteiger partial charge in [0, 0.05) is 19.3 Å². The molecule has 3 rings (SSSR count). The predicted molar refractivity (Wildman–Crippen MR) is 194 cm³/mol. The number of rotatable bonds is 20. The van der Waals surface area contributed by atoms with Crippen molar-refractivity contribution < 1.29 is 38.7 Å². The molecule has 0 aliphatic rings. The second kappa shape index (κ2) is 21.3. The first kappa shape index (κ1) is 41.3. The van der Waals surface area contributed by atoms with Crippen LogP contribution in [0.15, 0.2) is 91.0 Å². The zero-order valence-electron chi connectivity index (χ0n) is 29.2. The molecule has 7 amide bonds. The van der Waals surface area contributed by atoms with Gasteiger partial charge in [-0.1, -0.05) is 91.0 Å². The van der Waals surface area contributed by atoms with Crippen molar-refractivity contribution in [1.82, 2.24) is 31.9 Å². The zero-order valence-corrected chi connectivity index (χ0v) is 29.2. The number of nitrogens with two attached hydrogens (primary N) is 2. The van der Waals surface area contributed by atoms with Crippen LogP contribution in [0.4, 0.5) is 0 Å². The van der Waals surface area contributed by atoms with Gasteiger partial charge in [-0.05, 0) is 23.6 Å². The summed E-state index contributed by atoms with van der Waals surface area (Å²) in [6.07, 6.45) is 0.103. The largest absolute Gasteiger partial charge is 0.394 e. The van der Waals surface area contributed by atoms with Crippen LogP contribution in [0.3, 0.4) is 0 Å². The number of carbonyl (C=O) groups excluding carboxylic acids is 7. The molecule has 0 aliphatic carbocycles. The van der Waals surface area contributed by atoms with E-state index in [2.05, 4.69) is 31.9 Å². The first-order valence-electron chi connectivity index (χ1n) is 16.9. The van der Waals surface area contributed by atoms with Crippen molar-refractivity contribution in [2.24, 2.45) is 11.5 Å². The number of primary amides is 1. The summed E-state index contributed by atoms with van der Waals surface area (Å²) in [7, 11) is 0. The van der Waals surface area contributed by atoms with Crippen molar-refractivity contribution in [3.8, 4) is 0 Å². The fraction of sp³-hybridized carbons (Fsp3) is 0.324. The van der Waals surface area contributed by atoms with Crippen molar-refractivity contribution in [3.63, 3.8) is 0 Å². The molecule has 3 aromatic carbocycles. The van der Waals surface area contributed by atoms with Crippen LogP contribution in [0.25, 0.3) is 0 Å². The highest BCUT2D eigenvalue weighted by atomic mass is 16.3. The summed E-state index contributed by atoms with van der Waals surface area (Å²) in [5.74, 6) is -5.26. The molecule has 53 heavy (non-hydrogen) atoms. The van der Waals surface area contributed by atoms with Crippen molar-refractivity contribution in [2.45, 2.75) is 56.4 Å². The Balaban J connectivity index is 1.72. The third-order valence-electron chi connectivity index (χ3n) is 7.99. The van der Waals surface area contributed by atoms with E-state index in [9.17, 15) is 38.7 Å². The van der Waals surface area contributed by atoms with Crippen molar-refractivity contribution in [1.29, 1.82) is 0 Å². The maximum absolute atomic E-state index is 13.6. The third-order valence-corrected chi connectivity index (χ3v) is 7.99. The van der Waals surface area contributed by atoms with Gasteiger partial charge in [0.15, 0.2) is 0 Å². The third kappa shape index (κ3) is 14.2. The lowest BCUT2D eigenvalue weighted by Crippen LogP contribution is -2.60. The summed E-state index contributed by atoms with van der Waals surface area (Å²) in [4.78, 5) is 89.8. The van der Waals surface area contributed by atoms with E-state index in [1.807, 2.05) is 0 Å². The molecule has 16 nitrogen and oxygen atoms in total. The molecule has 0 aliphatic heterocycles. The molecule has 0 aromatic heterocycles. The van der Waals surface area contributed by atoms with E-state index in [0.29, 0.717) is 11.1 Å². The van der Waals surface area contributed by atoms with Gasteiger partial charge in [0.1, 0.15) is 30.2 Å².